The number of amides is 1. The van der Waals surface area contributed by atoms with Crippen molar-refractivity contribution in [1.82, 2.24) is 10.0 Å². The first-order valence-electron chi connectivity index (χ1n) is 8.42. The van der Waals surface area contributed by atoms with E-state index in [1.165, 1.54) is 18.4 Å². The minimum absolute atomic E-state index is 0.0188. The first-order chi connectivity index (χ1) is 13.2. The Hall–Kier alpha value is -2.17. The van der Waals surface area contributed by atoms with Gasteiger partial charge in [0, 0.05) is 4.47 Å². The summed E-state index contributed by atoms with van der Waals surface area (Å²) in [4.78, 5) is 24.1. The Morgan fingerprint density at radius 1 is 1.18 bits per heavy atom. The van der Waals surface area contributed by atoms with Crippen molar-refractivity contribution in [3.8, 4) is 0 Å². The lowest BCUT2D eigenvalue weighted by Gasteiger charge is -2.20. The van der Waals surface area contributed by atoms with Gasteiger partial charge in [0.05, 0.1) is 17.7 Å². The third-order valence-corrected chi connectivity index (χ3v) is 5.70. The molecule has 1 atom stereocenters. The maximum atomic E-state index is 12.5. The van der Waals surface area contributed by atoms with Crippen molar-refractivity contribution in [3.63, 3.8) is 0 Å². The molecule has 0 aliphatic carbocycles. The molecule has 0 bridgehead atoms. The van der Waals surface area contributed by atoms with E-state index in [2.05, 4.69) is 26.0 Å². The SMILES string of the molecule is CC(C)C(NS(=O)(=O)c1ccc(Br)cc1)C(=O)OCC(=O)NCc1ccco1. The van der Waals surface area contributed by atoms with Gasteiger partial charge in [-0.25, -0.2) is 8.42 Å². The quantitative estimate of drug-likeness (QED) is 0.540. The molecule has 28 heavy (non-hydrogen) atoms. The van der Waals surface area contributed by atoms with Crippen LogP contribution in [0.3, 0.4) is 0 Å². The van der Waals surface area contributed by atoms with Gasteiger partial charge >= 0.3 is 5.97 Å². The Morgan fingerprint density at radius 3 is 2.43 bits per heavy atom. The van der Waals surface area contributed by atoms with E-state index in [1.54, 1.807) is 38.1 Å². The average Bonchev–Trinajstić information content (AvgIpc) is 3.16. The number of carbonyl (C=O) groups excluding carboxylic acids is 2. The Morgan fingerprint density at radius 2 is 1.86 bits per heavy atom. The molecular formula is C18H21BrN2O6S. The summed E-state index contributed by atoms with van der Waals surface area (Å²) in [6.07, 6.45) is 1.48. The lowest BCUT2D eigenvalue weighted by Crippen LogP contribution is -2.46. The minimum Gasteiger partial charge on any atom is -0.467 e. The van der Waals surface area contributed by atoms with E-state index in [9.17, 15) is 18.0 Å². The van der Waals surface area contributed by atoms with E-state index >= 15 is 0 Å². The highest BCUT2D eigenvalue weighted by Gasteiger charge is 2.30. The fourth-order valence-electron chi connectivity index (χ4n) is 2.18. The largest absolute Gasteiger partial charge is 0.467 e. The van der Waals surface area contributed by atoms with Gasteiger partial charge in [0.2, 0.25) is 10.0 Å². The second-order valence-electron chi connectivity index (χ2n) is 6.26. The monoisotopic (exact) mass is 472 g/mol. The van der Waals surface area contributed by atoms with E-state index < -0.39 is 34.5 Å². The summed E-state index contributed by atoms with van der Waals surface area (Å²) in [5.74, 6) is -1.18. The van der Waals surface area contributed by atoms with Crippen LogP contribution in [-0.2, 0) is 30.9 Å². The van der Waals surface area contributed by atoms with Crippen LogP contribution in [0.4, 0.5) is 0 Å². The van der Waals surface area contributed by atoms with Crippen molar-refractivity contribution in [2.75, 3.05) is 6.61 Å². The molecule has 0 radical (unpaired) electrons. The van der Waals surface area contributed by atoms with Gasteiger partial charge in [-0.2, -0.15) is 4.72 Å². The summed E-state index contributed by atoms with van der Waals surface area (Å²) in [5.41, 5.74) is 0. The van der Waals surface area contributed by atoms with Crippen molar-refractivity contribution in [1.29, 1.82) is 0 Å². The summed E-state index contributed by atoms with van der Waals surface area (Å²) in [7, 11) is -3.93. The molecule has 0 saturated carbocycles. The van der Waals surface area contributed by atoms with Crippen molar-refractivity contribution in [2.45, 2.75) is 31.3 Å². The summed E-state index contributed by atoms with van der Waals surface area (Å²) in [5, 5.41) is 2.53. The molecule has 1 unspecified atom stereocenters. The number of sulfonamides is 1. The molecule has 152 valence electrons. The zero-order chi connectivity index (χ0) is 20.7. The molecule has 2 N–H and O–H groups in total. The van der Waals surface area contributed by atoms with E-state index in [0.717, 1.165) is 4.47 Å². The van der Waals surface area contributed by atoms with Crippen LogP contribution in [0.1, 0.15) is 19.6 Å². The molecule has 2 rings (SSSR count). The summed E-state index contributed by atoms with van der Waals surface area (Å²) in [6, 6.07) is 8.24. The number of ether oxygens (including phenoxy) is 1. The van der Waals surface area contributed by atoms with Crippen LogP contribution in [0, 0.1) is 5.92 Å². The molecule has 1 heterocycles. The molecule has 1 aromatic heterocycles. The predicted molar refractivity (Wildman–Crippen MR) is 105 cm³/mol. The molecule has 0 aliphatic heterocycles. The molecule has 0 saturated heterocycles. The van der Waals surface area contributed by atoms with Gasteiger partial charge < -0.3 is 14.5 Å². The van der Waals surface area contributed by atoms with Crippen LogP contribution < -0.4 is 10.0 Å². The third kappa shape index (κ3) is 6.47. The number of hydrogen-bond acceptors (Lipinski definition) is 6. The first kappa shape index (κ1) is 22.1. The van der Waals surface area contributed by atoms with Crippen molar-refractivity contribution in [3.05, 3.63) is 52.9 Å². The molecule has 0 fully saturated rings. The lowest BCUT2D eigenvalue weighted by atomic mass is 10.1. The Balaban J connectivity index is 1.93. The van der Waals surface area contributed by atoms with Gasteiger partial charge in [-0.05, 0) is 42.3 Å². The van der Waals surface area contributed by atoms with Crippen LogP contribution in [0.2, 0.25) is 0 Å². The number of nitrogens with one attached hydrogen (secondary N) is 2. The average molecular weight is 473 g/mol. The van der Waals surface area contributed by atoms with Crippen LogP contribution in [0.15, 0.2) is 56.4 Å². The smallest absolute Gasteiger partial charge is 0.324 e. The number of rotatable bonds is 9. The van der Waals surface area contributed by atoms with Crippen LogP contribution >= 0.6 is 15.9 Å². The lowest BCUT2D eigenvalue weighted by molar-refractivity contribution is -0.151. The minimum atomic E-state index is -3.93. The maximum absolute atomic E-state index is 12.5. The van der Waals surface area contributed by atoms with Gasteiger partial charge in [-0.3, -0.25) is 9.59 Å². The molecular weight excluding hydrogens is 452 g/mol. The number of benzene rings is 1. The van der Waals surface area contributed by atoms with Gasteiger partial charge in [0.1, 0.15) is 11.8 Å². The van der Waals surface area contributed by atoms with Gasteiger partial charge in [-0.15, -0.1) is 0 Å². The molecule has 1 aromatic carbocycles. The Kier molecular flexibility index (Phi) is 7.78. The van der Waals surface area contributed by atoms with Gasteiger partial charge in [0.15, 0.2) is 6.61 Å². The number of halogens is 1. The zero-order valence-electron chi connectivity index (χ0n) is 15.3. The van der Waals surface area contributed by atoms with E-state index in [0.29, 0.717) is 5.76 Å². The van der Waals surface area contributed by atoms with Crippen LogP contribution in [-0.4, -0.2) is 32.9 Å². The van der Waals surface area contributed by atoms with E-state index in [1.807, 2.05) is 0 Å². The van der Waals surface area contributed by atoms with Crippen LogP contribution in [0.5, 0.6) is 0 Å². The highest BCUT2D eigenvalue weighted by molar-refractivity contribution is 9.10. The van der Waals surface area contributed by atoms with E-state index in [-0.39, 0.29) is 17.4 Å². The fourth-order valence-corrected chi connectivity index (χ4v) is 3.78. The molecule has 10 heteroatoms. The molecule has 2 aromatic rings. The molecule has 0 spiro atoms. The van der Waals surface area contributed by atoms with Crippen molar-refractivity contribution in [2.24, 2.45) is 5.92 Å². The van der Waals surface area contributed by atoms with Crippen molar-refractivity contribution < 1.29 is 27.2 Å². The number of furan rings is 1. The standard InChI is InChI=1S/C18H21BrN2O6S/c1-12(2)17(21-28(24,25)15-7-5-13(19)6-8-15)18(23)27-11-16(22)20-10-14-4-3-9-26-14/h3-9,12,17,21H,10-11H2,1-2H3,(H,20,22). The highest BCUT2D eigenvalue weighted by atomic mass is 79.9. The van der Waals surface area contributed by atoms with Gasteiger partial charge in [-0.1, -0.05) is 29.8 Å². The second-order valence-corrected chi connectivity index (χ2v) is 8.89. The van der Waals surface area contributed by atoms with Crippen molar-refractivity contribution >= 4 is 37.8 Å². The summed E-state index contributed by atoms with van der Waals surface area (Å²) < 4.78 is 38.2. The molecule has 1 amide bonds. The third-order valence-electron chi connectivity index (χ3n) is 3.71. The summed E-state index contributed by atoms with van der Waals surface area (Å²) >= 11 is 3.24. The Labute approximate surface area is 171 Å². The predicted octanol–water partition coefficient (Wildman–Crippen LogP) is 2.20. The van der Waals surface area contributed by atoms with Gasteiger partial charge in [0.25, 0.3) is 5.91 Å². The van der Waals surface area contributed by atoms with E-state index in [4.69, 9.17) is 9.15 Å². The number of hydrogen-bond donors (Lipinski definition) is 2. The molecule has 0 aliphatic rings. The number of esters is 1. The van der Waals surface area contributed by atoms with Crippen LogP contribution in [0.25, 0.3) is 0 Å². The fraction of sp³-hybridized carbons (Fsp3) is 0.333. The normalized spacial score (nSPS) is 12.6. The summed E-state index contributed by atoms with van der Waals surface area (Å²) in [6.45, 7) is 2.98. The highest BCUT2D eigenvalue weighted by Crippen LogP contribution is 2.16. The topological polar surface area (TPSA) is 115 Å². The Bertz CT molecular complexity index is 895. The zero-order valence-corrected chi connectivity index (χ0v) is 17.7. The molecule has 8 nitrogen and oxygen atoms in total. The number of carbonyl (C=O) groups is 2. The second kappa shape index (κ2) is 9.85. The maximum Gasteiger partial charge on any atom is 0.324 e. The first-order valence-corrected chi connectivity index (χ1v) is 10.7.